The minimum absolute atomic E-state index is 0.0526. The van der Waals surface area contributed by atoms with Gasteiger partial charge in [-0.05, 0) is 113 Å². The maximum Gasteiger partial charge on any atom is 0.232 e. The highest BCUT2D eigenvalue weighted by Crippen LogP contribution is 2.66. The molecule has 2 unspecified atom stereocenters. The number of amides is 2. The number of hydrogen-bond donors (Lipinski definition) is 0. The predicted octanol–water partition coefficient (Wildman–Crippen LogP) is 5.33. The van der Waals surface area contributed by atoms with Gasteiger partial charge < -0.3 is 9.80 Å². The average Bonchev–Trinajstić information content (AvgIpc) is 3.13. The van der Waals surface area contributed by atoms with Crippen LogP contribution in [0.25, 0.3) is 0 Å². The maximum absolute atomic E-state index is 14.1. The van der Waals surface area contributed by atoms with Gasteiger partial charge in [-0.3, -0.25) is 14.5 Å². The van der Waals surface area contributed by atoms with Gasteiger partial charge in [-0.1, -0.05) is 13.8 Å². The number of carbonyl (C=O) groups is 2. The molecule has 0 bridgehead atoms. The van der Waals surface area contributed by atoms with Crippen molar-refractivity contribution in [2.45, 2.75) is 111 Å². The number of nitrogens with zero attached hydrogens (tertiary/aromatic N) is 3. The molecule has 1 aliphatic heterocycles. The fraction of sp³-hybridized carbons (Fsp3) is 0.893. The van der Waals surface area contributed by atoms with Crippen molar-refractivity contribution in [2.24, 2.45) is 34.5 Å². The summed E-state index contributed by atoms with van der Waals surface area (Å²) in [6, 6.07) is 0.712. The SMILES string of the molecule is CC(C)N(C)C(=S)N(C(=O)C1CC[C@H]2[C@@H]3CCC4N(C)C(=O)CC[C@]4(C)[C@@H]3CC[C@]12C)C(C)C. The molecule has 3 saturated carbocycles. The molecule has 192 valence electrons. The summed E-state index contributed by atoms with van der Waals surface area (Å²) in [5.41, 5.74) is 0.275. The molecule has 1 heterocycles. The van der Waals surface area contributed by atoms with E-state index in [2.05, 4.69) is 51.3 Å². The van der Waals surface area contributed by atoms with Crippen molar-refractivity contribution >= 4 is 29.1 Å². The summed E-state index contributed by atoms with van der Waals surface area (Å²) in [7, 11) is 4.03. The van der Waals surface area contributed by atoms with E-state index < -0.39 is 0 Å². The Balaban J connectivity index is 1.58. The first kappa shape index (κ1) is 25.9. The van der Waals surface area contributed by atoms with Crippen LogP contribution in [0.3, 0.4) is 0 Å². The lowest BCUT2D eigenvalue weighted by molar-refractivity contribution is -0.160. The average molecular weight is 490 g/mol. The van der Waals surface area contributed by atoms with Gasteiger partial charge in [0.05, 0.1) is 0 Å². The van der Waals surface area contributed by atoms with Gasteiger partial charge in [-0.2, -0.15) is 0 Å². The molecule has 4 fully saturated rings. The fourth-order valence-electron chi connectivity index (χ4n) is 8.68. The van der Waals surface area contributed by atoms with Gasteiger partial charge >= 0.3 is 0 Å². The Kier molecular flexibility index (Phi) is 6.89. The van der Waals surface area contributed by atoms with Gasteiger partial charge in [-0.25, -0.2) is 0 Å². The molecular weight excluding hydrogens is 442 g/mol. The number of fused-ring (bicyclic) bond motifs is 5. The maximum atomic E-state index is 14.1. The van der Waals surface area contributed by atoms with Crippen LogP contribution in [0.2, 0.25) is 0 Å². The summed E-state index contributed by atoms with van der Waals surface area (Å²) in [5, 5.41) is 0.665. The van der Waals surface area contributed by atoms with E-state index in [0.29, 0.717) is 41.2 Å². The van der Waals surface area contributed by atoms with Crippen LogP contribution >= 0.6 is 12.2 Å². The van der Waals surface area contributed by atoms with E-state index in [1.54, 1.807) is 0 Å². The first-order chi connectivity index (χ1) is 15.8. The van der Waals surface area contributed by atoms with E-state index in [4.69, 9.17) is 12.2 Å². The second-order valence-electron chi connectivity index (χ2n) is 12.9. The highest BCUT2D eigenvalue weighted by Gasteiger charge is 2.62. The Bertz CT molecular complexity index is 844. The number of thiocarbonyl (C=S) groups is 1. The summed E-state index contributed by atoms with van der Waals surface area (Å²) in [6.45, 7) is 13.3. The lowest BCUT2D eigenvalue weighted by Crippen LogP contribution is -2.61. The van der Waals surface area contributed by atoms with Crippen LogP contribution in [0.4, 0.5) is 0 Å². The Labute approximate surface area is 213 Å². The number of likely N-dealkylation sites (tertiary alicyclic amines) is 1. The van der Waals surface area contributed by atoms with Crippen LogP contribution in [-0.4, -0.2) is 63.8 Å². The first-order valence-corrected chi connectivity index (χ1v) is 14.1. The fourth-order valence-corrected chi connectivity index (χ4v) is 9.20. The second kappa shape index (κ2) is 9.05. The summed E-state index contributed by atoms with van der Waals surface area (Å²) in [4.78, 5) is 32.6. The van der Waals surface area contributed by atoms with Crippen molar-refractivity contribution in [3.05, 3.63) is 0 Å². The van der Waals surface area contributed by atoms with Crippen LogP contribution in [-0.2, 0) is 9.59 Å². The van der Waals surface area contributed by atoms with Gasteiger partial charge in [0.2, 0.25) is 11.8 Å². The largest absolute Gasteiger partial charge is 0.349 e. The van der Waals surface area contributed by atoms with Crippen molar-refractivity contribution in [2.75, 3.05) is 14.1 Å². The molecule has 0 N–H and O–H groups in total. The Morgan fingerprint density at radius 2 is 1.62 bits per heavy atom. The van der Waals surface area contributed by atoms with Crippen LogP contribution in [0, 0.1) is 34.5 Å². The zero-order valence-corrected chi connectivity index (χ0v) is 23.6. The standard InChI is InChI=1S/C28H47N3O2S/c1-17(2)29(7)26(34)31(18(3)4)25(33)22-11-10-20-19-9-12-23-28(6,16-14-24(32)30(23)8)21(19)13-15-27(20,22)5/h17-23H,9-16H2,1-8H3/t19-,20-,21+,22?,23?,27-,28+/m0/s1. The summed E-state index contributed by atoms with van der Waals surface area (Å²) >= 11 is 5.84. The molecule has 0 aromatic heterocycles. The van der Waals surface area contributed by atoms with E-state index in [0.717, 1.165) is 32.1 Å². The van der Waals surface area contributed by atoms with Crippen LogP contribution in [0.15, 0.2) is 0 Å². The third kappa shape index (κ3) is 3.81. The Morgan fingerprint density at radius 1 is 0.971 bits per heavy atom. The monoisotopic (exact) mass is 489 g/mol. The predicted molar refractivity (Wildman–Crippen MR) is 141 cm³/mol. The minimum Gasteiger partial charge on any atom is -0.349 e. The number of carbonyl (C=O) groups excluding carboxylic acids is 2. The molecule has 4 aliphatic rings. The third-order valence-electron chi connectivity index (χ3n) is 10.9. The number of piperidine rings is 1. The smallest absolute Gasteiger partial charge is 0.232 e. The quantitative estimate of drug-likeness (QED) is 0.503. The summed E-state index contributed by atoms with van der Waals surface area (Å²) in [5.74, 6) is 2.58. The van der Waals surface area contributed by atoms with E-state index in [9.17, 15) is 9.59 Å². The van der Waals surface area contributed by atoms with E-state index in [1.807, 2.05) is 19.0 Å². The third-order valence-corrected chi connectivity index (χ3v) is 11.4. The lowest BCUT2D eigenvalue weighted by atomic mass is 9.47. The molecule has 2 amide bonds. The molecule has 0 aromatic carbocycles. The Morgan fingerprint density at radius 3 is 2.24 bits per heavy atom. The molecule has 4 rings (SSSR count). The van der Waals surface area contributed by atoms with Crippen molar-refractivity contribution in [1.82, 2.24) is 14.7 Å². The molecule has 7 atom stereocenters. The van der Waals surface area contributed by atoms with Crippen LogP contribution < -0.4 is 0 Å². The molecule has 0 aromatic rings. The molecule has 1 saturated heterocycles. The highest BCUT2D eigenvalue weighted by atomic mass is 32.1. The lowest BCUT2D eigenvalue weighted by Gasteiger charge is -2.61. The molecule has 5 nitrogen and oxygen atoms in total. The Hall–Kier alpha value is -1.17. The van der Waals surface area contributed by atoms with Gasteiger partial charge in [0.1, 0.15) is 0 Å². The summed E-state index contributed by atoms with van der Waals surface area (Å²) < 4.78 is 0. The van der Waals surface area contributed by atoms with Crippen molar-refractivity contribution in [1.29, 1.82) is 0 Å². The number of rotatable bonds is 3. The minimum atomic E-state index is 0.0526. The van der Waals surface area contributed by atoms with E-state index in [-0.39, 0.29) is 34.7 Å². The van der Waals surface area contributed by atoms with Crippen molar-refractivity contribution in [3.63, 3.8) is 0 Å². The molecule has 3 aliphatic carbocycles. The highest BCUT2D eigenvalue weighted by molar-refractivity contribution is 7.80. The second-order valence-corrected chi connectivity index (χ2v) is 13.3. The van der Waals surface area contributed by atoms with E-state index >= 15 is 0 Å². The van der Waals surface area contributed by atoms with E-state index in [1.165, 1.54) is 12.8 Å². The topological polar surface area (TPSA) is 43.9 Å². The van der Waals surface area contributed by atoms with Crippen molar-refractivity contribution < 1.29 is 9.59 Å². The van der Waals surface area contributed by atoms with Gasteiger partial charge in [0.15, 0.2) is 5.11 Å². The van der Waals surface area contributed by atoms with Crippen LogP contribution in [0.5, 0.6) is 0 Å². The zero-order chi connectivity index (χ0) is 25.2. The zero-order valence-electron chi connectivity index (χ0n) is 22.8. The van der Waals surface area contributed by atoms with Crippen LogP contribution in [0.1, 0.15) is 92.9 Å². The first-order valence-electron chi connectivity index (χ1n) is 13.7. The van der Waals surface area contributed by atoms with Crippen molar-refractivity contribution in [3.8, 4) is 0 Å². The molecular formula is C28H47N3O2S. The van der Waals surface area contributed by atoms with Gasteiger partial charge in [0, 0.05) is 44.6 Å². The normalized spacial score (nSPS) is 39.5. The summed E-state index contributed by atoms with van der Waals surface area (Å²) in [6.07, 6.45) is 8.49. The molecule has 6 heteroatoms. The number of hydrogen-bond acceptors (Lipinski definition) is 3. The molecule has 34 heavy (non-hydrogen) atoms. The van der Waals surface area contributed by atoms with Gasteiger partial charge in [-0.15, -0.1) is 0 Å². The molecule has 0 spiro atoms. The molecule has 0 radical (unpaired) electrons. The van der Waals surface area contributed by atoms with Gasteiger partial charge in [0.25, 0.3) is 0 Å².